The molecule has 0 bridgehead atoms. The van der Waals surface area contributed by atoms with Gasteiger partial charge in [0.25, 0.3) is 0 Å². The van der Waals surface area contributed by atoms with Crippen molar-refractivity contribution in [1.82, 2.24) is 15.5 Å². The van der Waals surface area contributed by atoms with Gasteiger partial charge >= 0.3 is 0 Å². The maximum Gasteiger partial charge on any atom is 0.191 e. The predicted octanol–water partition coefficient (Wildman–Crippen LogP) is 2.47. The van der Waals surface area contributed by atoms with Crippen molar-refractivity contribution in [2.45, 2.75) is 26.5 Å². The van der Waals surface area contributed by atoms with Crippen LogP contribution in [0.3, 0.4) is 0 Å². The summed E-state index contributed by atoms with van der Waals surface area (Å²) in [6.07, 6.45) is 1.05. The molecular weight excluding hydrogens is 443 g/mol. The third kappa shape index (κ3) is 10.9. The van der Waals surface area contributed by atoms with Gasteiger partial charge < -0.3 is 25.0 Å². The van der Waals surface area contributed by atoms with Crippen LogP contribution in [0.2, 0.25) is 0 Å². The summed E-state index contributed by atoms with van der Waals surface area (Å²) >= 11 is 0. The Balaban J connectivity index is 0.00000625. The molecule has 0 atom stereocenters. The Morgan fingerprint density at radius 1 is 1.08 bits per heavy atom. The number of ether oxygens (including phenoxy) is 2. The minimum absolute atomic E-state index is 0. The highest BCUT2D eigenvalue weighted by Gasteiger charge is 2.03. The minimum atomic E-state index is 0. The molecule has 150 valence electrons. The molecule has 6 nitrogen and oxygen atoms in total. The summed E-state index contributed by atoms with van der Waals surface area (Å²) in [5.41, 5.74) is 2.38. The first-order valence-electron chi connectivity index (χ1n) is 8.96. The number of nitrogens with zero attached hydrogens (tertiary/aromatic N) is 2. The lowest BCUT2D eigenvalue weighted by Crippen LogP contribution is -2.41. The minimum Gasteiger partial charge on any atom is -0.385 e. The quantitative estimate of drug-likeness (QED) is 0.209. The van der Waals surface area contributed by atoms with Crippen LogP contribution in [0.15, 0.2) is 29.3 Å². The molecule has 0 saturated carbocycles. The lowest BCUT2D eigenvalue weighted by atomic mass is 10.1. The summed E-state index contributed by atoms with van der Waals surface area (Å²) in [6.45, 7) is 7.84. The first kappa shape index (κ1) is 25.1. The Morgan fingerprint density at radius 2 is 1.81 bits per heavy atom. The lowest BCUT2D eigenvalue weighted by Gasteiger charge is -2.18. The fourth-order valence-electron chi connectivity index (χ4n) is 2.47. The van der Waals surface area contributed by atoms with E-state index in [4.69, 9.17) is 14.5 Å². The van der Waals surface area contributed by atoms with Gasteiger partial charge in [-0.25, -0.2) is 4.99 Å². The van der Waals surface area contributed by atoms with E-state index in [-0.39, 0.29) is 24.0 Å². The zero-order chi connectivity index (χ0) is 18.3. The topological polar surface area (TPSA) is 58.1 Å². The number of likely N-dealkylation sites (N-methyl/N-ethyl adjacent to an activating group) is 1. The Labute approximate surface area is 175 Å². The number of halogens is 1. The third-order valence-corrected chi connectivity index (χ3v) is 3.84. The monoisotopic (exact) mass is 478 g/mol. The van der Waals surface area contributed by atoms with E-state index < -0.39 is 0 Å². The molecule has 7 heteroatoms. The van der Waals surface area contributed by atoms with Gasteiger partial charge in [-0.05, 0) is 31.5 Å². The van der Waals surface area contributed by atoms with Gasteiger partial charge in [-0.1, -0.05) is 24.3 Å². The summed E-state index contributed by atoms with van der Waals surface area (Å²) in [6, 6.07) is 8.26. The molecule has 0 heterocycles. The number of guanidine groups is 1. The molecule has 0 saturated heterocycles. The van der Waals surface area contributed by atoms with Crippen LogP contribution < -0.4 is 10.6 Å². The number of rotatable bonds is 12. The molecule has 0 aliphatic rings. The lowest BCUT2D eigenvalue weighted by molar-refractivity contribution is 0.180. The fourth-order valence-corrected chi connectivity index (χ4v) is 2.47. The van der Waals surface area contributed by atoms with E-state index in [0.29, 0.717) is 13.2 Å². The van der Waals surface area contributed by atoms with Crippen LogP contribution in [-0.4, -0.2) is 64.9 Å². The highest BCUT2D eigenvalue weighted by atomic mass is 127. The third-order valence-electron chi connectivity index (χ3n) is 3.84. The molecule has 0 unspecified atom stereocenters. The molecule has 1 rings (SSSR count). The van der Waals surface area contributed by atoms with Crippen molar-refractivity contribution in [3.63, 3.8) is 0 Å². The average molecular weight is 478 g/mol. The van der Waals surface area contributed by atoms with Gasteiger partial charge in [0.05, 0.1) is 13.2 Å². The maximum absolute atomic E-state index is 5.26. The number of methoxy groups -OCH3 is 2. The number of benzene rings is 1. The SMILES string of the molecule is CCNC(=NCc1ccccc1COC)NCCN(C)CCCOC.I. The van der Waals surface area contributed by atoms with E-state index in [1.165, 1.54) is 11.1 Å². The normalized spacial score (nSPS) is 11.3. The Bertz CT molecular complexity index is 500. The van der Waals surface area contributed by atoms with Crippen LogP contribution in [0, 0.1) is 0 Å². The smallest absolute Gasteiger partial charge is 0.191 e. The summed E-state index contributed by atoms with van der Waals surface area (Å²) < 4.78 is 10.3. The van der Waals surface area contributed by atoms with Crippen molar-refractivity contribution >= 4 is 29.9 Å². The van der Waals surface area contributed by atoms with E-state index in [1.54, 1.807) is 14.2 Å². The van der Waals surface area contributed by atoms with Gasteiger partial charge in [-0.2, -0.15) is 0 Å². The summed E-state index contributed by atoms with van der Waals surface area (Å²) in [5.74, 6) is 0.847. The largest absolute Gasteiger partial charge is 0.385 e. The summed E-state index contributed by atoms with van der Waals surface area (Å²) in [4.78, 5) is 6.99. The van der Waals surface area contributed by atoms with E-state index in [2.05, 4.69) is 41.6 Å². The molecule has 0 fully saturated rings. The van der Waals surface area contributed by atoms with Gasteiger partial charge in [0.2, 0.25) is 0 Å². The average Bonchev–Trinajstić information content (AvgIpc) is 2.61. The van der Waals surface area contributed by atoms with Crippen LogP contribution in [0.5, 0.6) is 0 Å². The van der Waals surface area contributed by atoms with E-state index in [1.807, 2.05) is 12.1 Å². The molecule has 0 radical (unpaired) electrons. The van der Waals surface area contributed by atoms with Gasteiger partial charge in [-0.3, -0.25) is 0 Å². The first-order chi connectivity index (χ1) is 12.2. The van der Waals surface area contributed by atoms with Crippen LogP contribution in [0.4, 0.5) is 0 Å². The van der Waals surface area contributed by atoms with Crippen LogP contribution in [0.25, 0.3) is 0 Å². The van der Waals surface area contributed by atoms with Crippen LogP contribution in [0.1, 0.15) is 24.5 Å². The molecule has 1 aromatic rings. The Morgan fingerprint density at radius 3 is 2.46 bits per heavy atom. The number of nitrogens with one attached hydrogen (secondary N) is 2. The van der Waals surface area contributed by atoms with Gasteiger partial charge in [-0.15, -0.1) is 24.0 Å². The number of aliphatic imine (C=N–C) groups is 1. The molecule has 0 aromatic heterocycles. The molecule has 2 N–H and O–H groups in total. The standard InChI is InChI=1S/C19H34N4O2.HI/c1-5-20-19(21-11-13-23(2)12-8-14-24-3)22-15-17-9-6-7-10-18(17)16-25-4;/h6-7,9-10H,5,8,11-16H2,1-4H3,(H2,20,21,22);1H. The first-order valence-corrected chi connectivity index (χ1v) is 8.96. The van der Waals surface area contributed by atoms with Crippen molar-refractivity contribution in [1.29, 1.82) is 0 Å². The van der Waals surface area contributed by atoms with Crippen molar-refractivity contribution < 1.29 is 9.47 Å². The number of hydrogen-bond donors (Lipinski definition) is 2. The van der Waals surface area contributed by atoms with Crippen molar-refractivity contribution in [3.05, 3.63) is 35.4 Å². The zero-order valence-electron chi connectivity index (χ0n) is 16.6. The highest BCUT2D eigenvalue weighted by molar-refractivity contribution is 14.0. The van der Waals surface area contributed by atoms with Crippen molar-refractivity contribution in [2.75, 3.05) is 54.1 Å². The Kier molecular flexibility index (Phi) is 15.7. The fraction of sp³-hybridized carbons (Fsp3) is 0.632. The number of hydrogen-bond acceptors (Lipinski definition) is 4. The van der Waals surface area contributed by atoms with Gasteiger partial charge in [0, 0.05) is 47.0 Å². The van der Waals surface area contributed by atoms with Crippen molar-refractivity contribution in [2.24, 2.45) is 4.99 Å². The second-order valence-electron chi connectivity index (χ2n) is 5.97. The van der Waals surface area contributed by atoms with Crippen LogP contribution in [-0.2, 0) is 22.6 Å². The second-order valence-corrected chi connectivity index (χ2v) is 5.97. The van der Waals surface area contributed by atoms with E-state index in [9.17, 15) is 0 Å². The van der Waals surface area contributed by atoms with E-state index >= 15 is 0 Å². The molecule has 0 aliphatic carbocycles. The van der Waals surface area contributed by atoms with Gasteiger partial charge in [0.1, 0.15) is 0 Å². The summed E-state index contributed by atoms with van der Waals surface area (Å²) in [7, 11) is 5.59. The van der Waals surface area contributed by atoms with E-state index in [0.717, 1.165) is 45.2 Å². The summed E-state index contributed by atoms with van der Waals surface area (Å²) in [5, 5.41) is 6.70. The molecule has 1 aromatic carbocycles. The maximum atomic E-state index is 5.26. The Hall–Kier alpha value is -0.900. The zero-order valence-corrected chi connectivity index (χ0v) is 18.9. The molecular formula is C19H35IN4O2. The predicted molar refractivity (Wildman–Crippen MR) is 119 cm³/mol. The molecule has 0 spiro atoms. The highest BCUT2D eigenvalue weighted by Crippen LogP contribution is 2.11. The van der Waals surface area contributed by atoms with Gasteiger partial charge in [0.15, 0.2) is 5.96 Å². The second kappa shape index (κ2) is 16.3. The molecule has 0 aliphatic heterocycles. The van der Waals surface area contributed by atoms with Crippen molar-refractivity contribution in [3.8, 4) is 0 Å². The molecule has 0 amide bonds. The molecule has 26 heavy (non-hydrogen) atoms. The van der Waals surface area contributed by atoms with Crippen LogP contribution >= 0.6 is 24.0 Å².